The van der Waals surface area contributed by atoms with Gasteiger partial charge in [0.15, 0.2) is 0 Å². The van der Waals surface area contributed by atoms with Crippen LogP contribution in [0.2, 0.25) is 0 Å². The lowest BCUT2D eigenvalue weighted by molar-refractivity contribution is -0.144. The minimum absolute atomic E-state index is 0.127. The number of carbonyl (C=O) groups excluding carboxylic acids is 1. The van der Waals surface area contributed by atoms with Crippen molar-refractivity contribution < 1.29 is 18.7 Å². The van der Waals surface area contributed by atoms with Crippen LogP contribution in [0.1, 0.15) is 44.4 Å². The van der Waals surface area contributed by atoms with Crippen molar-refractivity contribution in [1.82, 2.24) is 9.55 Å². The molecule has 4 aromatic rings. The van der Waals surface area contributed by atoms with Crippen molar-refractivity contribution in [3.05, 3.63) is 84.4 Å². The van der Waals surface area contributed by atoms with E-state index in [1.807, 2.05) is 43.5 Å². The third-order valence-corrected chi connectivity index (χ3v) is 6.22. The molecule has 6 nitrogen and oxygen atoms in total. The van der Waals surface area contributed by atoms with Crippen LogP contribution in [0, 0.1) is 12.8 Å². The van der Waals surface area contributed by atoms with Crippen LogP contribution in [0.25, 0.3) is 22.7 Å². The molecular formula is C30H34N2O4. The summed E-state index contributed by atoms with van der Waals surface area (Å²) >= 11 is 0. The average molecular weight is 487 g/mol. The minimum atomic E-state index is -0.127. The lowest BCUT2D eigenvalue weighted by atomic mass is 10.0. The maximum absolute atomic E-state index is 11.7. The summed E-state index contributed by atoms with van der Waals surface area (Å²) in [4.78, 5) is 16.4. The van der Waals surface area contributed by atoms with Crippen molar-refractivity contribution in [3.63, 3.8) is 0 Å². The van der Waals surface area contributed by atoms with E-state index in [9.17, 15) is 4.79 Å². The molecule has 4 rings (SSSR count). The molecule has 0 aliphatic rings. The Kier molecular flexibility index (Phi) is 8.61. The van der Waals surface area contributed by atoms with Crippen LogP contribution in [0.15, 0.2) is 77.5 Å². The Morgan fingerprint density at radius 2 is 1.83 bits per heavy atom. The lowest BCUT2D eigenvalue weighted by Crippen LogP contribution is -2.11. The van der Waals surface area contributed by atoms with Gasteiger partial charge in [-0.2, -0.15) is 0 Å². The highest BCUT2D eigenvalue weighted by Crippen LogP contribution is 2.27. The fourth-order valence-corrected chi connectivity index (χ4v) is 4.28. The summed E-state index contributed by atoms with van der Waals surface area (Å²) in [6.07, 6.45) is 5.84. The predicted octanol–water partition coefficient (Wildman–Crippen LogP) is 6.92. The van der Waals surface area contributed by atoms with E-state index in [1.54, 1.807) is 6.26 Å². The van der Waals surface area contributed by atoms with Gasteiger partial charge in [-0.05, 0) is 50.8 Å². The van der Waals surface area contributed by atoms with Crippen LogP contribution in [0.3, 0.4) is 0 Å². The average Bonchev–Trinajstić information content (AvgIpc) is 3.54. The summed E-state index contributed by atoms with van der Waals surface area (Å²) in [5.74, 6) is 2.79. The molecule has 0 saturated heterocycles. The molecule has 0 amide bonds. The number of furan rings is 1. The molecule has 0 saturated carbocycles. The molecule has 0 spiro atoms. The van der Waals surface area contributed by atoms with Gasteiger partial charge in [0, 0.05) is 35.0 Å². The monoisotopic (exact) mass is 486 g/mol. The number of aromatic nitrogens is 2. The van der Waals surface area contributed by atoms with Crippen molar-refractivity contribution in [1.29, 1.82) is 0 Å². The van der Waals surface area contributed by atoms with Crippen molar-refractivity contribution in [3.8, 4) is 28.5 Å². The number of carbonyl (C=O) groups is 1. The van der Waals surface area contributed by atoms with Crippen molar-refractivity contribution in [2.45, 2.75) is 46.6 Å². The van der Waals surface area contributed by atoms with E-state index in [0.717, 1.165) is 52.6 Å². The zero-order valence-corrected chi connectivity index (χ0v) is 21.3. The molecule has 6 heteroatoms. The molecule has 2 aromatic carbocycles. The minimum Gasteiger partial charge on any atom is -0.493 e. The summed E-state index contributed by atoms with van der Waals surface area (Å²) in [7, 11) is 0. The second kappa shape index (κ2) is 12.2. The molecule has 188 valence electrons. The smallest absolute Gasteiger partial charge is 0.306 e. The molecule has 0 aliphatic heterocycles. The quantitative estimate of drug-likeness (QED) is 0.161. The highest BCUT2D eigenvalue weighted by atomic mass is 16.5. The first-order chi connectivity index (χ1) is 17.5. The van der Waals surface area contributed by atoms with Crippen molar-refractivity contribution in [2.75, 3.05) is 13.2 Å². The van der Waals surface area contributed by atoms with Gasteiger partial charge in [-0.3, -0.25) is 4.79 Å². The van der Waals surface area contributed by atoms with E-state index in [2.05, 4.69) is 48.7 Å². The normalized spacial score (nSPS) is 11.9. The van der Waals surface area contributed by atoms with Crippen molar-refractivity contribution in [2.24, 2.45) is 5.92 Å². The summed E-state index contributed by atoms with van der Waals surface area (Å²) in [5, 5.41) is 0. The maximum atomic E-state index is 11.7. The van der Waals surface area contributed by atoms with E-state index in [1.165, 1.54) is 0 Å². The topological polar surface area (TPSA) is 66.5 Å². The summed E-state index contributed by atoms with van der Waals surface area (Å²) in [5.41, 5.74) is 4.27. The zero-order chi connectivity index (χ0) is 25.3. The van der Waals surface area contributed by atoms with Crippen LogP contribution in [0.5, 0.6) is 5.75 Å². The molecule has 2 heterocycles. The molecule has 0 N–H and O–H groups in total. The van der Waals surface area contributed by atoms with E-state index in [4.69, 9.17) is 18.9 Å². The van der Waals surface area contributed by atoms with Gasteiger partial charge in [-0.15, -0.1) is 0 Å². The molecule has 36 heavy (non-hydrogen) atoms. The Balaban J connectivity index is 1.40. The summed E-state index contributed by atoms with van der Waals surface area (Å²) in [6, 6.07) is 20.3. The number of nitrogens with zero attached hydrogens (tertiary/aromatic N) is 2. The Morgan fingerprint density at radius 1 is 1.06 bits per heavy atom. The Labute approximate surface area is 212 Å². The van der Waals surface area contributed by atoms with Crippen LogP contribution < -0.4 is 4.74 Å². The van der Waals surface area contributed by atoms with Gasteiger partial charge in [-0.1, -0.05) is 49.4 Å². The van der Waals surface area contributed by atoms with E-state index >= 15 is 0 Å². The highest BCUT2D eigenvalue weighted by Gasteiger charge is 2.14. The number of para-hydroxylation sites is 1. The van der Waals surface area contributed by atoms with Crippen LogP contribution in [0.4, 0.5) is 0 Å². The standard InChI is InChI=1S/C30H34N2O4/c1-4-34-29(33)19-22(2)9-7-17-36-28-11-6-5-10-26(28)21-32-23(3)20-31-30(32)25-15-13-24(14-16-25)27-12-8-18-35-27/h5-6,8,10-16,18,20,22H,4,7,9,17,19,21H2,1-3H3. The Hall–Kier alpha value is -3.80. The third kappa shape index (κ3) is 6.45. The molecule has 0 aliphatic carbocycles. The number of rotatable bonds is 12. The number of esters is 1. The third-order valence-electron chi connectivity index (χ3n) is 6.22. The first-order valence-corrected chi connectivity index (χ1v) is 12.6. The molecule has 0 radical (unpaired) electrons. The maximum Gasteiger partial charge on any atom is 0.306 e. The number of ether oxygens (including phenoxy) is 2. The van der Waals surface area contributed by atoms with Crippen LogP contribution >= 0.6 is 0 Å². The molecule has 2 aromatic heterocycles. The predicted molar refractivity (Wildman–Crippen MR) is 141 cm³/mol. The Bertz CT molecular complexity index is 1240. The second-order valence-electron chi connectivity index (χ2n) is 9.08. The van der Waals surface area contributed by atoms with E-state index < -0.39 is 0 Å². The van der Waals surface area contributed by atoms with Gasteiger partial charge in [0.1, 0.15) is 17.3 Å². The molecule has 0 bridgehead atoms. The first kappa shape index (κ1) is 25.3. The van der Waals surface area contributed by atoms with Crippen LogP contribution in [-0.2, 0) is 16.1 Å². The number of hydrogen-bond acceptors (Lipinski definition) is 5. The van der Waals surface area contributed by atoms with Gasteiger partial charge < -0.3 is 18.5 Å². The van der Waals surface area contributed by atoms with Crippen LogP contribution in [-0.4, -0.2) is 28.7 Å². The summed E-state index contributed by atoms with van der Waals surface area (Å²) < 4.78 is 18.9. The molecule has 1 unspecified atom stereocenters. The van der Waals surface area contributed by atoms with Gasteiger partial charge in [0.2, 0.25) is 0 Å². The number of benzene rings is 2. The largest absolute Gasteiger partial charge is 0.493 e. The number of hydrogen-bond donors (Lipinski definition) is 0. The van der Waals surface area contributed by atoms with Gasteiger partial charge in [0.05, 0.1) is 26.0 Å². The van der Waals surface area contributed by atoms with Gasteiger partial charge >= 0.3 is 5.97 Å². The highest BCUT2D eigenvalue weighted by molar-refractivity contribution is 5.69. The lowest BCUT2D eigenvalue weighted by Gasteiger charge is -2.16. The van der Waals surface area contributed by atoms with Gasteiger partial charge in [0.25, 0.3) is 0 Å². The van der Waals surface area contributed by atoms with E-state index in [0.29, 0.717) is 26.2 Å². The molecular weight excluding hydrogens is 452 g/mol. The fourth-order valence-electron chi connectivity index (χ4n) is 4.28. The Morgan fingerprint density at radius 3 is 2.58 bits per heavy atom. The zero-order valence-electron chi connectivity index (χ0n) is 21.3. The fraction of sp³-hybridized carbons (Fsp3) is 0.333. The van der Waals surface area contributed by atoms with E-state index in [-0.39, 0.29) is 11.9 Å². The summed E-state index contributed by atoms with van der Waals surface area (Å²) in [6.45, 7) is 7.68. The SMILES string of the molecule is CCOC(=O)CC(C)CCCOc1ccccc1Cn1c(C)cnc1-c1ccc(-c2ccco2)cc1. The first-order valence-electron chi connectivity index (χ1n) is 12.6. The van der Waals surface area contributed by atoms with Crippen molar-refractivity contribution >= 4 is 5.97 Å². The molecule has 1 atom stereocenters. The number of imidazole rings is 1. The number of aryl methyl sites for hydroxylation is 1. The molecule has 0 fully saturated rings. The van der Waals surface area contributed by atoms with Gasteiger partial charge in [-0.25, -0.2) is 4.98 Å². The second-order valence-corrected chi connectivity index (χ2v) is 9.08.